The van der Waals surface area contributed by atoms with Crippen molar-refractivity contribution in [2.24, 2.45) is 0 Å². The lowest BCUT2D eigenvalue weighted by Crippen LogP contribution is -2.43. The van der Waals surface area contributed by atoms with Crippen molar-refractivity contribution >= 4 is 33.6 Å². The second-order valence-electron chi connectivity index (χ2n) is 15.6. The Morgan fingerprint density at radius 3 is 2.69 bits per heavy atom. The molecule has 0 saturated carbocycles. The Bertz CT molecular complexity index is 2170. The maximum absolute atomic E-state index is 17.3. The van der Waals surface area contributed by atoms with Gasteiger partial charge in [0, 0.05) is 50.3 Å². The molecule has 4 atom stereocenters. The van der Waals surface area contributed by atoms with Gasteiger partial charge in [-0.1, -0.05) is 12.0 Å². The summed E-state index contributed by atoms with van der Waals surface area (Å²) in [7, 11) is 1.48. The highest BCUT2D eigenvalue weighted by Crippen LogP contribution is 2.43. The van der Waals surface area contributed by atoms with Crippen LogP contribution in [-0.2, 0) is 9.47 Å². The van der Waals surface area contributed by atoms with Crippen LogP contribution in [0.1, 0.15) is 58.4 Å². The lowest BCUT2D eigenvalue weighted by atomic mass is 9.95. The molecular formula is C40H43F3N6O5. The van der Waals surface area contributed by atoms with E-state index in [0.29, 0.717) is 61.2 Å². The fourth-order valence-corrected chi connectivity index (χ4v) is 8.89. The molecule has 284 valence electrons. The van der Waals surface area contributed by atoms with Crippen molar-refractivity contribution in [2.75, 3.05) is 51.6 Å². The SMILES string of the molecule is C#Cc1c(F)ccc2cc(OCOC)cc(-c3ncc4c(N5CCC6C5CCN6C(=O)OC(C)(C)C)nc(OC[C@@]56CCCN5C[C@H](F)C6)nc4c3F)c12. The molecule has 4 aromatic rings. The van der Waals surface area contributed by atoms with Gasteiger partial charge in [0.1, 0.15) is 47.0 Å². The monoisotopic (exact) mass is 744 g/mol. The number of pyridine rings is 1. The summed E-state index contributed by atoms with van der Waals surface area (Å²) in [5, 5.41) is 1.14. The van der Waals surface area contributed by atoms with E-state index in [0.717, 1.165) is 19.4 Å². The summed E-state index contributed by atoms with van der Waals surface area (Å²) in [6.45, 7) is 7.73. The normalized spacial score (nSPS) is 23.9. The number of hydrogen-bond acceptors (Lipinski definition) is 10. The zero-order valence-electron chi connectivity index (χ0n) is 30.8. The molecule has 4 saturated heterocycles. The molecule has 4 aliphatic heterocycles. The minimum Gasteiger partial charge on any atom is -0.468 e. The number of alkyl halides is 1. The Kier molecular flexibility index (Phi) is 9.21. The first kappa shape index (κ1) is 36.1. The van der Waals surface area contributed by atoms with E-state index in [1.54, 1.807) is 23.1 Å². The largest absolute Gasteiger partial charge is 0.468 e. The number of anilines is 1. The van der Waals surface area contributed by atoms with Crippen LogP contribution in [0.2, 0.25) is 0 Å². The van der Waals surface area contributed by atoms with Crippen LogP contribution in [0.25, 0.3) is 32.9 Å². The molecule has 2 aromatic carbocycles. The summed E-state index contributed by atoms with van der Waals surface area (Å²) < 4.78 is 70.0. The van der Waals surface area contributed by atoms with E-state index < -0.39 is 28.9 Å². The first-order valence-electron chi connectivity index (χ1n) is 18.4. The topological polar surface area (TPSA) is 102 Å². The van der Waals surface area contributed by atoms with Crippen molar-refractivity contribution in [3.8, 4) is 35.4 Å². The van der Waals surface area contributed by atoms with Gasteiger partial charge in [-0.25, -0.2) is 18.0 Å². The second-order valence-corrected chi connectivity index (χ2v) is 15.6. The zero-order valence-corrected chi connectivity index (χ0v) is 30.8. The number of carbonyl (C=O) groups excluding carboxylic acids is 1. The standard InChI is InChI=1S/C40H43F3N6O5/c1-6-26-29(42)9-8-23-16-25(53-22-51-5)17-27(32(23)26)34-33(43)35-28(19-44-34)36(46-37(45-35)52-21-40-12-7-13-47(40)20-24(41)18-40)48-14-10-31-30(48)11-15-49(31)38(50)54-39(2,3)4/h1,8-9,16-17,19,24,30-31H,7,10-15,18,20-22H2,2-5H3/t24-,30?,31?,40+/m1/s1. The van der Waals surface area contributed by atoms with Crippen molar-refractivity contribution in [1.29, 1.82) is 0 Å². The van der Waals surface area contributed by atoms with Gasteiger partial charge < -0.3 is 28.7 Å². The molecule has 4 aliphatic rings. The summed E-state index contributed by atoms with van der Waals surface area (Å²) in [5.41, 5.74) is -1.16. The van der Waals surface area contributed by atoms with Gasteiger partial charge in [0.05, 0.1) is 28.6 Å². The lowest BCUT2D eigenvalue weighted by molar-refractivity contribution is 0.0228. The molecule has 54 heavy (non-hydrogen) atoms. The third-order valence-corrected chi connectivity index (χ3v) is 11.1. The molecule has 11 nitrogen and oxygen atoms in total. The minimum atomic E-state index is -0.957. The van der Waals surface area contributed by atoms with Crippen LogP contribution in [0.3, 0.4) is 0 Å². The fraction of sp³-hybridized carbons (Fsp3) is 0.500. The number of benzene rings is 2. The maximum atomic E-state index is 17.3. The van der Waals surface area contributed by atoms with Gasteiger partial charge >= 0.3 is 12.1 Å². The van der Waals surface area contributed by atoms with E-state index in [-0.39, 0.29) is 65.3 Å². The Hall–Kier alpha value is -4.87. The molecule has 4 fully saturated rings. The molecule has 1 amide bonds. The molecule has 2 unspecified atom stereocenters. The van der Waals surface area contributed by atoms with Crippen molar-refractivity contribution in [2.45, 2.75) is 82.3 Å². The Morgan fingerprint density at radius 1 is 1.09 bits per heavy atom. The molecule has 0 aliphatic carbocycles. The highest BCUT2D eigenvalue weighted by molar-refractivity contribution is 6.03. The highest BCUT2D eigenvalue weighted by Gasteiger charge is 2.50. The third-order valence-electron chi connectivity index (χ3n) is 11.1. The van der Waals surface area contributed by atoms with Crippen LogP contribution < -0.4 is 14.4 Å². The Morgan fingerprint density at radius 2 is 1.91 bits per heavy atom. The van der Waals surface area contributed by atoms with Gasteiger partial charge in [-0.15, -0.1) is 6.42 Å². The number of hydrogen-bond donors (Lipinski definition) is 0. The van der Waals surface area contributed by atoms with Crippen molar-refractivity contribution in [3.63, 3.8) is 0 Å². The number of terminal acetylenes is 1. The van der Waals surface area contributed by atoms with Gasteiger partial charge in [-0.3, -0.25) is 9.88 Å². The Balaban J connectivity index is 1.25. The van der Waals surface area contributed by atoms with E-state index in [2.05, 4.69) is 25.7 Å². The van der Waals surface area contributed by atoms with Crippen LogP contribution >= 0.6 is 0 Å². The summed E-state index contributed by atoms with van der Waals surface area (Å²) in [5.74, 6) is 1.75. The summed E-state index contributed by atoms with van der Waals surface area (Å²) in [6.07, 6.45) is 9.31. The number of ether oxygens (including phenoxy) is 4. The number of likely N-dealkylation sites (tertiary alicyclic amines) is 1. The van der Waals surface area contributed by atoms with E-state index >= 15 is 8.78 Å². The number of halogens is 3. The molecule has 2 aromatic heterocycles. The third kappa shape index (κ3) is 6.30. The number of nitrogens with zero attached hydrogens (tertiary/aromatic N) is 6. The number of methoxy groups -OCH3 is 1. The van der Waals surface area contributed by atoms with Crippen molar-refractivity contribution in [3.05, 3.63) is 47.7 Å². The smallest absolute Gasteiger partial charge is 0.410 e. The van der Waals surface area contributed by atoms with E-state index in [1.807, 2.05) is 20.8 Å². The molecule has 0 N–H and O–H groups in total. The second kappa shape index (κ2) is 13.8. The molecule has 14 heteroatoms. The highest BCUT2D eigenvalue weighted by atomic mass is 19.1. The quantitative estimate of drug-likeness (QED) is 0.144. The Labute approximate surface area is 311 Å². The lowest BCUT2D eigenvalue weighted by Gasteiger charge is -2.31. The summed E-state index contributed by atoms with van der Waals surface area (Å²) >= 11 is 0. The van der Waals surface area contributed by atoms with Crippen molar-refractivity contribution < 1.29 is 36.9 Å². The summed E-state index contributed by atoms with van der Waals surface area (Å²) in [6, 6.07) is 5.70. The van der Waals surface area contributed by atoms with Crippen LogP contribution in [0, 0.1) is 24.0 Å². The van der Waals surface area contributed by atoms with Crippen LogP contribution in [0.5, 0.6) is 11.8 Å². The molecular weight excluding hydrogens is 701 g/mol. The molecule has 0 bridgehead atoms. The molecule has 0 spiro atoms. The molecule has 0 radical (unpaired) electrons. The number of amides is 1. The average molecular weight is 745 g/mol. The van der Waals surface area contributed by atoms with Gasteiger partial charge in [0.25, 0.3) is 0 Å². The first-order valence-corrected chi connectivity index (χ1v) is 18.4. The molecule has 6 heterocycles. The summed E-state index contributed by atoms with van der Waals surface area (Å²) in [4.78, 5) is 33.3. The van der Waals surface area contributed by atoms with Crippen molar-refractivity contribution in [1.82, 2.24) is 24.8 Å². The number of fused-ring (bicyclic) bond motifs is 4. The average Bonchev–Trinajstić information content (AvgIpc) is 3.90. The fourth-order valence-electron chi connectivity index (χ4n) is 8.89. The minimum absolute atomic E-state index is 0.0449. The van der Waals surface area contributed by atoms with E-state index in [9.17, 15) is 9.18 Å². The van der Waals surface area contributed by atoms with Gasteiger partial charge in [-0.2, -0.15) is 9.97 Å². The predicted octanol–water partition coefficient (Wildman–Crippen LogP) is 6.63. The molecule has 8 rings (SSSR count). The van der Waals surface area contributed by atoms with Crippen LogP contribution in [-0.4, -0.2) is 107 Å². The zero-order chi connectivity index (χ0) is 37.9. The van der Waals surface area contributed by atoms with Crippen LogP contribution in [0.4, 0.5) is 23.8 Å². The number of aromatic nitrogens is 3. The van der Waals surface area contributed by atoms with E-state index in [4.69, 9.17) is 30.4 Å². The van der Waals surface area contributed by atoms with E-state index in [1.165, 1.54) is 19.4 Å². The number of rotatable bonds is 8. The van der Waals surface area contributed by atoms with Gasteiger partial charge in [0.15, 0.2) is 12.6 Å². The van der Waals surface area contributed by atoms with Gasteiger partial charge in [-0.05, 0) is 76.6 Å². The maximum Gasteiger partial charge on any atom is 0.410 e. The van der Waals surface area contributed by atoms with Gasteiger partial charge in [0.2, 0.25) is 0 Å². The number of carbonyl (C=O) groups is 1. The first-order chi connectivity index (χ1) is 25.9. The predicted molar refractivity (Wildman–Crippen MR) is 196 cm³/mol. The van der Waals surface area contributed by atoms with Crippen LogP contribution in [0.15, 0.2) is 30.5 Å².